The van der Waals surface area contributed by atoms with Crippen LogP contribution in [0.3, 0.4) is 0 Å². The van der Waals surface area contributed by atoms with Crippen LogP contribution in [0.5, 0.6) is 0 Å². The van der Waals surface area contributed by atoms with Gasteiger partial charge in [-0.3, -0.25) is 0 Å². The Morgan fingerprint density at radius 2 is 1.33 bits per heavy atom. The molecular weight excluding hydrogens is 126 g/mol. The van der Waals surface area contributed by atoms with Crippen LogP contribution in [0.4, 0.5) is 0 Å². The minimum absolute atomic E-state index is 0. The molecule has 0 radical (unpaired) electrons. The number of rotatable bonds is 2. The van der Waals surface area contributed by atoms with Gasteiger partial charge < -0.3 is 27.6 Å². The molecule has 0 aromatic heterocycles. The van der Waals surface area contributed by atoms with Gasteiger partial charge in [-0.1, -0.05) is 13.3 Å². The molecular formula is C4H19NO4. The van der Waals surface area contributed by atoms with Crippen molar-refractivity contribution >= 4 is 0 Å². The molecule has 9 heavy (non-hydrogen) atoms. The highest BCUT2D eigenvalue weighted by atomic mass is 16.0. The average molecular weight is 145 g/mol. The van der Waals surface area contributed by atoms with Gasteiger partial charge in [-0.2, -0.15) is 0 Å². The summed E-state index contributed by atoms with van der Waals surface area (Å²) in [5.74, 6) is 0. The summed E-state index contributed by atoms with van der Waals surface area (Å²) in [7, 11) is 0. The third-order valence-electron chi connectivity index (χ3n) is 0.558. The monoisotopic (exact) mass is 145 g/mol. The molecule has 0 fully saturated rings. The summed E-state index contributed by atoms with van der Waals surface area (Å²) in [6, 6.07) is 0. The topological polar surface area (TPSA) is 152 Å². The van der Waals surface area contributed by atoms with Crippen LogP contribution in [-0.4, -0.2) is 28.4 Å². The molecule has 0 aliphatic rings. The Morgan fingerprint density at radius 3 is 1.33 bits per heavy atom. The van der Waals surface area contributed by atoms with Crippen LogP contribution in [-0.2, 0) is 0 Å². The molecule has 0 aliphatic heterocycles. The van der Waals surface area contributed by atoms with Crippen molar-refractivity contribution in [2.75, 3.05) is 6.54 Å². The van der Waals surface area contributed by atoms with E-state index in [1.807, 2.05) is 0 Å². The molecule has 5 nitrogen and oxygen atoms in total. The number of hydrogen-bond donors (Lipinski definition) is 1. The van der Waals surface area contributed by atoms with Gasteiger partial charge in [0.2, 0.25) is 0 Å². The van der Waals surface area contributed by atoms with E-state index in [9.17, 15) is 0 Å². The Hall–Kier alpha value is -0.200. The highest BCUT2D eigenvalue weighted by molar-refractivity contribution is 4.29. The van der Waals surface area contributed by atoms with Gasteiger partial charge in [0.05, 0.1) is 0 Å². The van der Waals surface area contributed by atoms with E-state index >= 15 is 0 Å². The Labute approximate surface area is 55.1 Å². The Kier molecular flexibility index (Phi) is 190. The van der Waals surface area contributed by atoms with Crippen LogP contribution in [0, 0.1) is 0 Å². The zero-order valence-electron chi connectivity index (χ0n) is 5.70. The standard InChI is InChI=1S/C4H11N.4H2O/c1-2-3-4-5;;;;/h2-5H2,1H3;4*1H2. The second-order valence-electron chi connectivity index (χ2n) is 1.14. The van der Waals surface area contributed by atoms with E-state index in [-0.39, 0.29) is 21.9 Å². The lowest BCUT2D eigenvalue weighted by atomic mass is 10.3. The lowest BCUT2D eigenvalue weighted by Crippen LogP contribution is -1.95. The molecule has 0 atom stereocenters. The minimum Gasteiger partial charge on any atom is -0.412 e. The van der Waals surface area contributed by atoms with E-state index in [1.165, 1.54) is 12.8 Å². The number of unbranched alkanes of at least 4 members (excludes halogenated alkanes) is 1. The van der Waals surface area contributed by atoms with E-state index in [0.29, 0.717) is 0 Å². The maximum atomic E-state index is 5.14. The van der Waals surface area contributed by atoms with Gasteiger partial charge in [0, 0.05) is 0 Å². The van der Waals surface area contributed by atoms with Crippen LogP contribution < -0.4 is 5.73 Å². The van der Waals surface area contributed by atoms with Gasteiger partial charge in [0.1, 0.15) is 0 Å². The van der Waals surface area contributed by atoms with Crippen LogP contribution in [0.1, 0.15) is 19.8 Å². The predicted molar refractivity (Wildman–Crippen MR) is 38.4 cm³/mol. The quantitative estimate of drug-likeness (QED) is 0.446. The summed E-state index contributed by atoms with van der Waals surface area (Å²) in [6.45, 7) is 2.98. The van der Waals surface area contributed by atoms with Gasteiger partial charge in [0.15, 0.2) is 0 Å². The molecule has 0 amide bonds. The molecule has 10 N–H and O–H groups in total. The van der Waals surface area contributed by atoms with Crippen LogP contribution in [0.15, 0.2) is 0 Å². The largest absolute Gasteiger partial charge is 0.412 e. The summed E-state index contributed by atoms with van der Waals surface area (Å²) in [6.07, 6.45) is 2.39. The fourth-order valence-corrected chi connectivity index (χ4v) is 0.204. The fraction of sp³-hybridized carbons (Fsp3) is 1.00. The van der Waals surface area contributed by atoms with E-state index < -0.39 is 0 Å². The summed E-state index contributed by atoms with van der Waals surface area (Å²) < 4.78 is 0. The van der Waals surface area contributed by atoms with Crippen molar-refractivity contribution in [3.8, 4) is 0 Å². The summed E-state index contributed by atoms with van der Waals surface area (Å²) in [4.78, 5) is 0. The lowest BCUT2D eigenvalue weighted by molar-refractivity contribution is 0.807. The molecule has 0 saturated carbocycles. The molecule has 0 aromatic carbocycles. The summed E-state index contributed by atoms with van der Waals surface area (Å²) in [5, 5.41) is 0. The van der Waals surface area contributed by atoms with Crippen molar-refractivity contribution in [2.45, 2.75) is 19.8 Å². The summed E-state index contributed by atoms with van der Waals surface area (Å²) in [5.41, 5.74) is 5.14. The Morgan fingerprint density at radius 1 is 1.00 bits per heavy atom. The minimum atomic E-state index is 0. The van der Waals surface area contributed by atoms with Gasteiger partial charge in [-0.05, 0) is 13.0 Å². The van der Waals surface area contributed by atoms with Crippen molar-refractivity contribution in [2.24, 2.45) is 5.73 Å². The highest BCUT2D eigenvalue weighted by Gasteiger charge is 1.67. The molecule has 0 aromatic rings. The van der Waals surface area contributed by atoms with Gasteiger partial charge in [0.25, 0.3) is 0 Å². The second kappa shape index (κ2) is 46.0. The molecule has 0 saturated heterocycles. The average Bonchev–Trinajstić information content (AvgIpc) is 1.41. The Balaban J connectivity index is -0.0000000133. The van der Waals surface area contributed by atoms with Crippen molar-refractivity contribution in [3.05, 3.63) is 0 Å². The first-order valence-electron chi connectivity index (χ1n) is 2.12. The van der Waals surface area contributed by atoms with Crippen molar-refractivity contribution in [3.63, 3.8) is 0 Å². The molecule has 0 rings (SSSR count). The maximum absolute atomic E-state index is 5.14. The van der Waals surface area contributed by atoms with E-state index in [4.69, 9.17) is 5.73 Å². The molecule has 0 aliphatic carbocycles. The van der Waals surface area contributed by atoms with Crippen molar-refractivity contribution < 1.29 is 21.9 Å². The molecule has 0 unspecified atom stereocenters. The zero-order valence-corrected chi connectivity index (χ0v) is 5.70. The van der Waals surface area contributed by atoms with Crippen LogP contribution in [0.2, 0.25) is 0 Å². The first-order chi connectivity index (χ1) is 2.41. The SMILES string of the molecule is CCCCN.O.O.O.O. The normalized spacial score (nSPS) is 4.67. The van der Waals surface area contributed by atoms with Crippen LogP contribution >= 0.6 is 0 Å². The van der Waals surface area contributed by atoms with Crippen molar-refractivity contribution in [1.29, 1.82) is 0 Å². The molecule has 64 valence electrons. The number of hydrogen-bond acceptors (Lipinski definition) is 1. The van der Waals surface area contributed by atoms with Gasteiger partial charge in [-0.15, -0.1) is 0 Å². The maximum Gasteiger partial charge on any atom is -0.00774 e. The first-order valence-corrected chi connectivity index (χ1v) is 2.12. The second-order valence-corrected chi connectivity index (χ2v) is 1.14. The van der Waals surface area contributed by atoms with E-state index in [0.717, 1.165) is 6.54 Å². The van der Waals surface area contributed by atoms with Gasteiger partial charge in [-0.25, -0.2) is 0 Å². The fourth-order valence-electron chi connectivity index (χ4n) is 0.204. The van der Waals surface area contributed by atoms with Crippen LogP contribution in [0.25, 0.3) is 0 Å². The molecule has 0 spiro atoms. The number of nitrogens with two attached hydrogens (primary N) is 1. The third-order valence-corrected chi connectivity index (χ3v) is 0.558. The third kappa shape index (κ3) is 81.0. The molecule has 0 heterocycles. The Bertz CT molecular complexity index is 20.0. The van der Waals surface area contributed by atoms with E-state index in [2.05, 4.69) is 6.92 Å². The zero-order chi connectivity index (χ0) is 4.12. The predicted octanol–water partition coefficient (Wildman–Crippen LogP) is -2.55. The first kappa shape index (κ1) is 37.1. The van der Waals surface area contributed by atoms with Crippen molar-refractivity contribution in [1.82, 2.24) is 0 Å². The summed E-state index contributed by atoms with van der Waals surface area (Å²) >= 11 is 0. The lowest BCUT2D eigenvalue weighted by Gasteiger charge is -1.80. The van der Waals surface area contributed by atoms with E-state index in [1.54, 1.807) is 0 Å². The van der Waals surface area contributed by atoms with Gasteiger partial charge >= 0.3 is 0 Å². The molecule has 5 heteroatoms. The highest BCUT2D eigenvalue weighted by Crippen LogP contribution is 1.77. The molecule has 0 bridgehead atoms. The smallest absolute Gasteiger partial charge is 0.00774 e.